The van der Waals surface area contributed by atoms with Crippen LogP contribution in [0.1, 0.15) is 5.56 Å². The maximum absolute atomic E-state index is 13.6. The molecule has 4 nitrogen and oxygen atoms in total. The molecule has 0 amide bonds. The highest BCUT2D eigenvalue weighted by Crippen LogP contribution is 2.17. The van der Waals surface area contributed by atoms with Crippen LogP contribution in [0.4, 0.5) is 18.9 Å². The van der Waals surface area contributed by atoms with Crippen LogP contribution in [0, 0.1) is 17.5 Å². The molecule has 25 heavy (non-hydrogen) atoms. The minimum atomic E-state index is -0.627. The summed E-state index contributed by atoms with van der Waals surface area (Å²) in [5, 5.41) is 0. The lowest BCUT2D eigenvalue weighted by Crippen LogP contribution is -2.51. The monoisotopic (exact) mass is 348 g/mol. The van der Waals surface area contributed by atoms with E-state index in [1.54, 1.807) is 12.1 Å². The van der Waals surface area contributed by atoms with E-state index in [0.717, 1.165) is 5.69 Å². The first kappa shape index (κ1) is 17.1. The molecule has 3 rings (SSSR count). The number of nitrogens with two attached hydrogens (primary N) is 1. The van der Waals surface area contributed by atoms with Crippen molar-refractivity contribution in [1.82, 2.24) is 4.90 Å². The van der Waals surface area contributed by atoms with Gasteiger partial charge in [0.05, 0.1) is 6.54 Å². The van der Waals surface area contributed by atoms with E-state index in [1.807, 2.05) is 4.90 Å². The Hall–Kier alpha value is -2.70. The smallest absolute Gasteiger partial charge is 0.191 e. The molecule has 0 saturated carbocycles. The molecule has 0 radical (unpaired) electrons. The van der Waals surface area contributed by atoms with E-state index in [0.29, 0.717) is 26.2 Å². The molecule has 7 heteroatoms. The first-order valence-electron chi connectivity index (χ1n) is 8.03. The minimum Gasteiger partial charge on any atom is -0.370 e. The molecule has 2 N–H and O–H groups in total. The molecular weight excluding hydrogens is 329 g/mol. The number of halogens is 3. The van der Waals surface area contributed by atoms with Crippen molar-refractivity contribution < 1.29 is 13.2 Å². The Kier molecular flexibility index (Phi) is 5.11. The van der Waals surface area contributed by atoms with E-state index in [9.17, 15) is 13.2 Å². The summed E-state index contributed by atoms with van der Waals surface area (Å²) in [5.74, 6) is -1.25. The van der Waals surface area contributed by atoms with E-state index in [2.05, 4.69) is 9.89 Å². The zero-order valence-corrected chi connectivity index (χ0v) is 13.6. The van der Waals surface area contributed by atoms with Gasteiger partial charge in [0.1, 0.15) is 17.5 Å². The molecule has 0 aromatic heterocycles. The lowest BCUT2D eigenvalue weighted by molar-refractivity contribution is 0.380. The number of benzene rings is 2. The summed E-state index contributed by atoms with van der Waals surface area (Å²) < 4.78 is 40.2. The van der Waals surface area contributed by atoms with Crippen molar-refractivity contribution in [3.05, 3.63) is 65.5 Å². The van der Waals surface area contributed by atoms with Crippen LogP contribution in [0.5, 0.6) is 0 Å². The van der Waals surface area contributed by atoms with E-state index in [1.165, 1.54) is 30.3 Å². The number of rotatable bonds is 3. The van der Waals surface area contributed by atoms with Crippen LogP contribution in [0.3, 0.4) is 0 Å². The Morgan fingerprint density at radius 2 is 1.52 bits per heavy atom. The SMILES string of the molecule is NC(=NCc1c(F)cccc1F)N1CCN(c2ccc(F)cc2)CC1. The normalized spacial score (nSPS) is 15.6. The largest absolute Gasteiger partial charge is 0.370 e. The molecule has 1 heterocycles. The summed E-state index contributed by atoms with van der Waals surface area (Å²) in [6.45, 7) is 2.53. The molecule has 2 aromatic rings. The number of guanidine groups is 1. The average Bonchev–Trinajstić information content (AvgIpc) is 2.62. The molecule has 0 atom stereocenters. The molecule has 1 aliphatic rings. The maximum atomic E-state index is 13.6. The fourth-order valence-electron chi connectivity index (χ4n) is 2.79. The molecule has 1 aliphatic heterocycles. The minimum absolute atomic E-state index is 0.0876. The number of anilines is 1. The molecule has 1 fully saturated rings. The topological polar surface area (TPSA) is 44.9 Å². The van der Waals surface area contributed by atoms with Gasteiger partial charge in [0.2, 0.25) is 0 Å². The van der Waals surface area contributed by atoms with Crippen molar-refractivity contribution in [2.24, 2.45) is 10.7 Å². The van der Waals surface area contributed by atoms with Crippen molar-refractivity contribution in [2.45, 2.75) is 6.54 Å². The number of hydrogen-bond acceptors (Lipinski definition) is 2. The molecule has 0 spiro atoms. The van der Waals surface area contributed by atoms with Gasteiger partial charge in [-0.25, -0.2) is 18.2 Å². The summed E-state index contributed by atoms with van der Waals surface area (Å²) >= 11 is 0. The van der Waals surface area contributed by atoms with Crippen molar-refractivity contribution in [3.63, 3.8) is 0 Å². The molecule has 0 bridgehead atoms. The highest BCUT2D eigenvalue weighted by Gasteiger charge is 2.19. The summed E-state index contributed by atoms with van der Waals surface area (Å²) in [7, 11) is 0. The van der Waals surface area contributed by atoms with Gasteiger partial charge in [-0.1, -0.05) is 6.07 Å². The second-order valence-corrected chi connectivity index (χ2v) is 5.83. The van der Waals surface area contributed by atoms with E-state index < -0.39 is 11.6 Å². The lowest BCUT2D eigenvalue weighted by Gasteiger charge is -2.36. The first-order valence-corrected chi connectivity index (χ1v) is 8.03. The summed E-state index contributed by atoms with van der Waals surface area (Å²) in [6, 6.07) is 10.1. The molecular formula is C18H19F3N4. The van der Waals surface area contributed by atoms with Gasteiger partial charge in [-0.3, -0.25) is 0 Å². The van der Waals surface area contributed by atoms with Crippen LogP contribution in [0.15, 0.2) is 47.5 Å². The molecule has 0 aliphatic carbocycles. The van der Waals surface area contributed by atoms with Crippen LogP contribution >= 0.6 is 0 Å². The summed E-state index contributed by atoms with van der Waals surface area (Å²) in [4.78, 5) is 8.12. The zero-order valence-electron chi connectivity index (χ0n) is 13.6. The van der Waals surface area contributed by atoms with Crippen LogP contribution in [-0.4, -0.2) is 37.0 Å². The molecule has 132 valence electrons. The predicted octanol–water partition coefficient (Wildman–Crippen LogP) is 2.74. The first-order chi connectivity index (χ1) is 12.0. The van der Waals surface area contributed by atoms with Gasteiger partial charge in [0.15, 0.2) is 5.96 Å². The van der Waals surface area contributed by atoms with Crippen molar-refractivity contribution >= 4 is 11.6 Å². The lowest BCUT2D eigenvalue weighted by atomic mass is 10.2. The number of hydrogen-bond donors (Lipinski definition) is 1. The third-order valence-electron chi connectivity index (χ3n) is 4.26. The maximum Gasteiger partial charge on any atom is 0.191 e. The number of aliphatic imine (C=N–C) groups is 1. The Bertz CT molecular complexity index is 733. The van der Waals surface area contributed by atoms with Crippen LogP contribution in [0.2, 0.25) is 0 Å². The van der Waals surface area contributed by atoms with Crippen LogP contribution in [-0.2, 0) is 6.54 Å². The molecule has 1 saturated heterocycles. The number of nitrogens with zero attached hydrogens (tertiary/aromatic N) is 3. The van der Waals surface area contributed by atoms with Gasteiger partial charge in [0.25, 0.3) is 0 Å². The fraction of sp³-hybridized carbons (Fsp3) is 0.278. The second-order valence-electron chi connectivity index (χ2n) is 5.83. The standard InChI is InChI=1S/C18H19F3N4/c19-13-4-6-14(7-5-13)24-8-10-25(11-9-24)18(22)23-12-15-16(20)2-1-3-17(15)21/h1-7H,8-12H2,(H2,22,23). The van der Waals surface area contributed by atoms with Crippen LogP contribution in [0.25, 0.3) is 0 Å². The van der Waals surface area contributed by atoms with Gasteiger partial charge in [-0.2, -0.15) is 0 Å². The number of piperazine rings is 1. The van der Waals surface area contributed by atoms with Crippen molar-refractivity contribution in [1.29, 1.82) is 0 Å². The zero-order chi connectivity index (χ0) is 17.8. The van der Waals surface area contributed by atoms with Gasteiger partial charge in [-0.15, -0.1) is 0 Å². The van der Waals surface area contributed by atoms with E-state index in [4.69, 9.17) is 5.73 Å². The highest BCUT2D eigenvalue weighted by atomic mass is 19.1. The summed E-state index contributed by atoms with van der Waals surface area (Å²) in [5.41, 5.74) is 6.82. The van der Waals surface area contributed by atoms with Crippen molar-refractivity contribution in [2.75, 3.05) is 31.1 Å². The fourth-order valence-corrected chi connectivity index (χ4v) is 2.79. The van der Waals surface area contributed by atoms with E-state index >= 15 is 0 Å². The highest BCUT2D eigenvalue weighted by molar-refractivity contribution is 5.78. The van der Waals surface area contributed by atoms with E-state index in [-0.39, 0.29) is 23.9 Å². The second kappa shape index (κ2) is 7.46. The Morgan fingerprint density at radius 1 is 0.920 bits per heavy atom. The van der Waals surface area contributed by atoms with Crippen LogP contribution < -0.4 is 10.6 Å². The molecule has 2 aromatic carbocycles. The Morgan fingerprint density at radius 3 is 2.12 bits per heavy atom. The van der Waals surface area contributed by atoms with Gasteiger partial charge < -0.3 is 15.5 Å². The third kappa shape index (κ3) is 4.04. The van der Waals surface area contributed by atoms with Gasteiger partial charge in [0, 0.05) is 37.4 Å². The average molecular weight is 348 g/mol. The third-order valence-corrected chi connectivity index (χ3v) is 4.26. The Balaban J connectivity index is 1.59. The molecule has 0 unspecified atom stereocenters. The van der Waals surface area contributed by atoms with Gasteiger partial charge >= 0.3 is 0 Å². The quantitative estimate of drug-likeness (QED) is 0.685. The summed E-state index contributed by atoms with van der Waals surface area (Å²) in [6.07, 6.45) is 0. The van der Waals surface area contributed by atoms with Crippen molar-refractivity contribution in [3.8, 4) is 0 Å². The van der Waals surface area contributed by atoms with Gasteiger partial charge in [-0.05, 0) is 36.4 Å². The predicted molar refractivity (Wildman–Crippen MR) is 91.9 cm³/mol. The Labute approximate surface area is 144 Å².